The number of carbonyl (C=O) groups excluding carboxylic acids is 1. The van der Waals surface area contributed by atoms with Gasteiger partial charge < -0.3 is 4.90 Å². The van der Waals surface area contributed by atoms with Gasteiger partial charge in [-0.2, -0.15) is 0 Å². The Morgan fingerprint density at radius 3 is 2.48 bits per heavy atom. The maximum atomic E-state index is 12.4. The molecule has 1 amide bonds. The lowest BCUT2D eigenvalue weighted by Gasteiger charge is -2.38. The Morgan fingerprint density at radius 2 is 1.78 bits per heavy atom. The molecule has 0 radical (unpaired) electrons. The van der Waals surface area contributed by atoms with Crippen LogP contribution in [-0.4, -0.2) is 47.9 Å². The van der Waals surface area contributed by atoms with Crippen molar-refractivity contribution in [2.75, 3.05) is 26.2 Å². The average Bonchev–Trinajstić information content (AvgIpc) is 3.10. The third-order valence-electron chi connectivity index (χ3n) is 5.15. The molecule has 2 fully saturated rings. The van der Waals surface area contributed by atoms with Gasteiger partial charge in [-0.15, -0.1) is 0 Å². The molecule has 1 saturated heterocycles. The van der Waals surface area contributed by atoms with Crippen LogP contribution in [0.4, 0.5) is 0 Å². The van der Waals surface area contributed by atoms with Crippen molar-refractivity contribution in [3.63, 3.8) is 0 Å². The molecular formula is C18H24Cl2N2O. The van der Waals surface area contributed by atoms with Crippen molar-refractivity contribution in [1.29, 1.82) is 0 Å². The lowest BCUT2D eigenvalue weighted by molar-refractivity contribution is -0.133. The van der Waals surface area contributed by atoms with Crippen molar-refractivity contribution >= 4 is 29.1 Å². The highest BCUT2D eigenvalue weighted by atomic mass is 35.5. The summed E-state index contributed by atoms with van der Waals surface area (Å²) >= 11 is 12.2. The molecule has 126 valence electrons. The maximum Gasteiger partial charge on any atom is 0.222 e. The third kappa shape index (κ3) is 4.20. The van der Waals surface area contributed by atoms with Crippen LogP contribution in [0.25, 0.3) is 0 Å². The summed E-state index contributed by atoms with van der Waals surface area (Å²) in [7, 11) is 0. The monoisotopic (exact) mass is 354 g/mol. The minimum atomic E-state index is 0.229. The number of nitrogens with zero attached hydrogens (tertiary/aromatic N) is 2. The normalized spacial score (nSPS) is 20.2. The minimum absolute atomic E-state index is 0.229. The zero-order valence-corrected chi connectivity index (χ0v) is 15.0. The molecule has 1 aromatic rings. The van der Waals surface area contributed by atoms with Crippen LogP contribution in [0.3, 0.4) is 0 Å². The number of amides is 1. The number of hydrogen-bond donors (Lipinski definition) is 0. The van der Waals surface area contributed by atoms with Gasteiger partial charge in [-0.1, -0.05) is 48.2 Å². The molecule has 1 saturated carbocycles. The molecule has 0 atom stereocenters. The predicted molar refractivity (Wildman–Crippen MR) is 95.2 cm³/mol. The van der Waals surface area contributed by atoms with Crippen molar-refractivity contribution < 1.29 is 4.79 Å². The third-order valence-corrected chi connectivity index (χ3v) is 6.01. The zero-order chi connectivity index (χ0) is 16.2. The van der Waals surface area contributed by atoms with Crippen LogP contribution >= 0.6 is 23.2 Å². The molecule has 0 N–H and O–H groups in total. The quantitative estimate of drug-likeness (QED) is 0.815. The van der Waals surface area contributed by atoms with Gasteiger partial charge >= 0.3 is 0 Å². The number of halogens is 2. The topological polar surface area (TPSA) is 23.6 Å². The van der Waals surface area contributed by atoms with E-state index in [1.807, 2.05) is 17.0 Å². The molecule has 1 heterocycles. The standard InChI is InChI=1S/C18H24Cl2N2O/c19-16-7-3-4-14(18(16)20)8-9-17(23)22-12-10-21(11-13-22)15-5-1-2-6-15/h3-4,7,15H,1-2,5-6,8-13H2. The molecule has 0 bridgehead atoms. The Kier molecular flexibility index (Phi) is 5.84. The van der Waals surface area contributed by atoms with E-state index in [1.165, 1.54) is 25.7 Å². The van der Waals surface area contributed by atoms with E-state index in [2.05, 4.69) is 4.90 Å². The second kappa shape index (κ2) is 7.87. The maximum absolute atomic E-state index is 12.4. The van der Waals surface area contributed by atoms with Crippen molar-refractivity contribution in [1.82, 2.24) is 9.80 Å². The molecule has 1 aromatic carbocycles. The van der Waals surface area contributed by atoms with Crippen LogP contribution in [0.15, 0.2) is 18.2 Å². The molecule has 1 aliphatic heterocycles. The SMILES string of the molecule is O=C(CCc1cccc(Cl)c1Cl)N1CCN(C2CCCC2)CC1. The summed E-state index contributed by atoms with van der Waals surface area (Å²) < 4.78 is 0. The van der Waals surface area contributed by atoms with Gasteiger partial charge in [-0.05, 0) is 30.9 Å². The van der Waals surface area contributed by atoms with E-state index < -0.39 is 0 Å². The molecule has 2 aliphatic rings. The largest absolute Gasteiger partial charge is 0.340 e. The first-order valence-corrected chi connectivity index (χ1v) is 9.35. The average molecular weight is 355 g/mol. The van der Waals surface area contributed by atoms with Crippen LogP contribution in [0.1, 0.15) is 37.7 Å². The summed E-state index contributed by atoms with van der Waals surface area (Å²) in [6.45, 7) is 3.76. The number of hydrogen-bond acceptors (Lipinski definition) is 2. The first kappa shape index (κ1) is 17.1. The van der Waals surface area contributed by atoms with E-state index in [0.29, 0.717) is 22.9 Å². The summed E-state index contributed by atoms with van der Waals surface area (Å²) in [6.07, 6.45) is 6.56. The second-order valence-corrected chi connectivity index (χ2v) is 7.35. The van der Waals surface area contributed by atoms with Crippen LogP contribution < -0.4 is 0 Å². The number of benzene rings is 1. The molecule has 1 aliphatic carbocycles. The molecule has 0 unspecified atom stereocenters. The van der Waals surface area contributed by atoms with Gasteiger partial charge in [0.05, 0.1) is 10.0 Å². The first-order valence-electron chi connectivity index (χ1n) is 8.60. The highest BCUT2D eigenvalue weighted by molar-refractivity contribution is 6.42. The van der Waals surface area contributed by atoms with Gasteiger partial charge in [0.25, 0.3) is 0 Å². The van der Waals surface area contributed by atoms with E-state index in [9.17, 15) is 4.79 Å². The molecule has 0 spiro atoms. The summed E-state index contributed by atoms with van der Waals surface area (Å²) in [4.78, 5) is 17.0. The molecule has 3 nitrogen and oxygen atoms in total. The van der Waals surface area contributed by atoms with Gasteiger partial charge in [-0.25, -0.2) is 0 Å². The fraction of sp³-hybridized carbons (Fsp3) is 0.611. The fourth-order valence-electron chi connectivity index (χ4n) is 3.75. The van der Waals surface area contributed by atoms with E-state index in [-0.39, 0.29) is 5.91 Å². The summed E-state index contributed by atoms with van der Waals surface area (Å²) in [5.74, 6) is 0.229. The highest BCUT2D eigenvalue weighted by Crippen LogP contribution is 2.27. The van der Waals surface area contributed by atoms with Crippen molar-refractivity contribution in [2.45, 2.75) is 44.6 Å². The van der Waals surface area contributed by atoms with Crippen molar-refractivity contribution in [3.05, 3.63) is 33.8 Å². The Hall–Kier alpha value is -0.770. The molecular weight excluding hydrogens is 331 g/mol. The van der Waals surface area contributed by atoms with E-state index in [4.69, 9.17) is 23.2 Å². The van der Waals surface area contributed by atoms with Gasteiger partial charge in [0.15, 0.2) is 0 Å². The number of aryl methyl sites for hydroxylation is 1. The van der Waals surface area contributed by atoms with E-state index >= 15 is 0 Å². The lowest BCUT2D eigenvalue weighted by atomic mass is 10.1. The molecule has 23 heavy (non-hydrogen) atoms. The Bertz CT molecular complexity index is 550. The van der Waals surface area contributed by atoms with Gasteiger partial charge in [0, 0.05) is 38.6 Å². The molecule has 3 rings (SSSR count). The Balaban J connectivity index is 1.47. The number of piperazine rings is 1. The van der Waals surface area contributed by atoms with E-state index in [0.717, 1.165) is 37.8 Å². The van der Waals surface area contributed by atoms with Crippen LogP contribution in [-0.2, 0) is 11.2 Å². The molecule has 5 heteroatoms. The minimum Gasteiger partial charge on any atom is -0.340 e. The van der Waals surface area contributed by atoms with Crippen LogP contribution in [0.2, 0.25) is 10.0 Å². The number of carbonyl (C=O) groups is 1. The van der Waals surface area contributed by atoms with Gasteiger partial charge in [0.1, 0.15) is 0 Å². The van der Waals surface area contributed by atoms with E-state index in [1.54, 1.807) is 6.07 Å². The smallest absolute Gasteiger partial charge is 0.222 e. The lowest BCUT2D eigenvalue weighted by Crippen LogP contribution is -2.51. The number of rotatable bonds is 4. The Morgan fingerprint density at radius 1 is 1.09 bits per heavy atom. The highest BCUT2D eigenvalue weighted by Gasteiger charge is 2.27. The van der Waals surface area contributed by atoms with Gasteiger partial charge in [-0.3, -0.25) is 9.69 Å². The zero-order valence-electron chi connectivity index (χ0n) is 13.4. The van der Waals surface area contributed by atoms with Crippen molar-refractivity contribution in [2.24, 2.45) is 0 Å². The van der Waals surface area contributed by atoms with Crippen molar-refractivity contribution in [3.8, 4) is 0 Å². The predicted octanol–water partition coefficient (Wildman–Crippen LogP) is 4.01. The van der Waals surface area contributed by atoms with Crippen LogP contribution in [0, 0.1) is 0 Å². The fourth-order valence-corrected chi connectivity index (χ4v) is 4.16. The Labute approximate surface area is 148 Å². The first-order chi connectivity index (χ1) is 11.1. The van der Waals surface area contributed by atoms with Gasteiger partial charge in [0.2, 0.25) is 5.91 Å². The summed E-state index contributed by atoms with van der Waals surface area (Å²) in [5, 5.41) is 1.13. The molecule has 0 aromatic heterocycles. The summed E-state index contributed by atoms with van der Waals surface area (Å²) in [5.41, 5.74) is 0.956. The van der Waals surface area contributed by atoms with Crippen LogP contribution in [0.5, 0.6) is 0 Å². The summed E-state index contributed by atoms with van der Waals surface area (Å²) in [6, 6.07) is 6.36. The second-order valence-electron chi connectivity index (χ2n) is 6.57.